The topological polar surface area (TPSA) is 26.0 Å². The highest BCUT2D eigenvalue weighted by Crippen LogP contribution is 1.92. The Morgan fingerprint density at radius 1 is 1.44 bits per heavy atom. The molecule has 9 heavy (non-hydrogen) atoms. The molecule has 0 radical (unpaired) electrons. The average Bonchev–Trinajstić information content (AvgIpc) is 1.89. The van der Waals surface area contributed by atoms with Crippen LogP contribution in [-0.4, -0.2) is 8.56 Å². The lowest BCUT2D eigenvalue weighted by atomic mass is 10.5. The van der Waals surface area contributed by atoms with E-state index in [1.165, 1.54) is 0 Å². The maximum Gasteiger partial charge on any atom is 0.0139 e. The lowest BCUT2D eigenvalue weighted by Crippen LogP contribution is -1.82. The molecule has 0 amide bonds. The Morgan fingerprint density at radius 3 is 2.78 bits per heavy atom. The van der Waals surface area contributed by atoms with Gasteiger partial charge in [0.15, 0.2) is 0 Å². The fraction of sp³-hybridized carbons (Fsp3) is 0.286. The zero-order valence-electron chi connectivity index (χ0n) is 5.55. The molecule has 0 aliphatic carbocycles. The molecule has 1 nitrogen and oxygen atoms in total. The van der Waals surface area contributed by atoms with Gasteiger partial charge in [-0.05, 0) is 6.92 Å². The Bertz CT molecular complexity index is 125. The van der Waals surface area contributed by atoms with Crippen LogP contribution in [0, 0.1) is 0 Å². The van der Waals surface area contributed by atoms with Crippen molar-refractivity contribution < 1.29 is 0 Å². The molecule has 0 fully saturated rings. The Balaban J connectivity index is 3.25. The lowest BCUT2D eigenvalue weighted by Gasteiger charge is -1.75. The summed E-state index contributed by atoms with van der Waals surface area (Å²) in [5, 5.41) is 0. The van der Waals surface area contributed by atoms with Gasteiger partial charge in [0.1, 0.15) is 0 Å². The van der Waals surface area contributed by atoms with E-state index in [1.807, 2.05) is 19.1 Å². The second kappa shape index (κ2) is 8.04. The van der Waals surface area contributed by atoms with Crippen molar-refractivity contribution in [3.63, 3.8) is 0 Å². The van der Waals surface area contributed by atoms with Gasteiger partial charge in [-0.3, -0.25) is 0 Å². The molecule has 0 spiro atoms. The highest BCUT2D eigenvalue weighted by molar-refractivity contribution is 14.2. The normalized spacial score (nSPS) is 13.6. The summed E-state index contributed by atoms with van der Waals surface area (Å²) in [6.45, 7) is 2.01. The smallest absolute Gasteiger partial charge is 0.0139 e. The minimum Gasteiger partial charge on any atom is -0.304 e. The zero-order valence-corrected chi connectivity index (χ0v) is 7.71. The van der Waals surface area contributed by atoms with Crippen molar-refractivity contribution in [3.8, 4) is 0 Å². The van der Waals surface area contributed by atoms with Crippen LogP contribution >= 0.6 is 20.7 Å². The first-order valence-electron chi connectivity index (χ1n) is 2.80. The standard InChI is InChI=1S/C7H12IN/c1-2-3-4-5-6-8-7-9/h2-5,7H,6,9H2,1H3/b3-2+,5-4-. The fourth-order valence-electron chi connectivity index (χ4n) is 0.344. The van der Waals surface area contributed by atoms with Crippen molar-refractivity contribution in [2.75, 3.05) is 4.43 Å². The molecule has 0 atom stereocenters. The van der Waals surface area contributed by atoms with Crippen molar-refractivity contribution >= 4 is 24.9 Å². The van der Waals surface area contributed by atoms with Crippen LogP contribution in [0.3, 0.4) is 0 Å². The summed E-state index contributed by atoms with van der Waals surface area (Å²) < 4.78 is 2.94. The summed E-state index contributed by atoms with van der Waals surface area (Å²) in [5.41, 5.74) is 5.22. The van der Waals surface area contributed by atoms with Crippen LogP contribution < -0.4 is 5.73 Å². The van der Waals surface area contributed by atoms with Gasteiger partial charge in [-0.1, -0.05) is 24.3 Å². The van der Waals surface area contributed by atoms with Crippen molar-refractivity contribution in [2.45, 2.75) is 6.92 Å². The quantitative estimate of drug-likeness (QED) is 0.452. The molecule has 0 heterocycles. The zero-order chi connectivity index (χ0) is 6.95. The van der Waals surface area contributed by atoms with E-state index >= 15 is 0 Å². The van der Waals surface area contributed by atoms with Crippen LogP contribution in [0.25, 0.3) is 0 Å². The molecule has 0 aromatic carbocycles. The maximum atomic E-state index is 5.22. The number of hydrogen-bond acceptors (Lipinski definition) is 1. The van der Waals surface area contributed by atoms with E-state index in [0.717, 1.165) is 4.43 Å². The lowest BCUT2D eigenvalue weighted by molar-refractivity contribution is 1.71. The van der Waals surface area contributed by atoms with Gasteiger partial charge in [-0.25, -0.2) is 0 Å². The van der Waals surface area contributed by atoms with Crippen molar-refractivity contribution in [1.29, 1.82) is 0 Å². The van der Waals surface area contributed by atoms with Crippen molar-refractivity contribution in [1.82, 2.24) is 0 Å². The third-order valence-corrected chi connectivity index (χ3v) is 2.23. The fourth-order valence-corrected chi connectivity index (χ4v) is 1.22. The van der Waals surface area contributed by atoms with Gasteiger partial charge in [0.2, 0.25) is 0 Å². The first kappa shape index (κ1) is 9.04. The highest BCUT2D eigenvalue weighted by atomic mass is 127. The summed E-state index contributed by atoms with van der Waals surface area (Å²) in [6.07, 6.45) is 8.25. The minimum atomic E-state index is 0.142. The number of nitrogens with two attached hydrogens (primary N) is 1. The maximum absolute atomic E-state index is 5.22. The van der Waals surface area contributed by atoms with E-state index < -0.39 is 0 Å². The van der Waals surface area contributed by atoms with Gasteiger partial charge in [0, 0.05) is 8.56 Å². The van der Waals surface area contributed by atoms with Crippen LogP contribution in [0.2, 0.25) is 0 Å². The van der Waals surface area contributed by atoms with E-state index in [4.69, 9.17) is 5.73 Å². The van der Waals surface area contributed by atoms with E-state index in [2.05, 4.69) is 12.2 Å². The molecule has 0 rings (SSSR count). The van der Waals surface area contributed by atoms with Crippen LogP contribution in [0.5, 0.6) is 0 Å². The van der Waals surface area contributed by atoms with Crippen LogP contribution in [-0.2, 0) is 0 Å². The Hall–Kier alpha value is 0.0400. The number of halogens is 1. The molecule has 2 N–H and O–H groups in total. The number of hydrogen-bond donors (Lipinski definition) is 1. The Kier molecular flexibility index (Phi) is 8.08. The van der Waals surface area contributed by atoms with Gasteiger partial charge < -0.3 is 5.73 Å². The summed E-state index contributed by atoms with van der Waals surface area (Å²) in [6, 6.07) is 0. The highest BCUT2D eigenvalue weighted by Gasteiger charge is 1.64. The molecular weight excluding hydrogens is 225 g/mol. The molecule has 0 bridgehead atoms. The molecule has 0 aliphatic heterocycles. The van der Waals surface area contributed by atoms with E-state index in [0.29, 0.717) is 0 Å². The van der Waals surface area contributed by atoms with Gasteiger partial charge >= 0.3 is 0 Å². The van der Waals surface area contributed by atoms with Crippen molar-refractivity contribution in [2.24, 2.45) is 5.73 Å². The third kappa shape index (κ3) is 8.04. The van der Waals surface area contributed by atoms with Crippen LogP contribution in [0.4, 0.5) is 0 Å². The largest absolute Gasteiger partial charge is 0.304 e. The summed E-state index contributed by atoms with van der Waals surface area (Å²) in [5.74, 6) is 0. The molecule has 0 saturated heterocycles. The minimum absolute atomic E-state index is 0.142. The molecular formula is C7H12IN. The predicted octanol–water partition coefficient (Wildman–Crippen LogP) is 1.81. The van der Waals surface area contributed by atoms with Gasteiger partial charge in [0.25, 0.3) is 0 Å². The summed E-state index contributed by atoms with van der Waals surface area (Å²) in [4.78, 5) is 0. The van der Waals surface area contributed by atoms with Gasteiger partial charge in [0.05, 0.1) is 0 Å². The molecule has 0 aliphatic rings. The first-order valence-corrected chi connectivity index (χ1v) is 5.58. The second-order valence-corrected chi connectivity index (χ2v) is 3.87. The van der Waals surface area contributed by atoms with Gasteiger partial charge in [-0.15, -0.1) is 20.7 Å². The molecule has 0 aromatic rings. The number of allylic oxidation sites excluding steroid dienone is 4. The monoisotopic (exact) mass is 237 g/mol. The summed E-state index contributed by atoms with van der Waals surface area (Å²) >= 11 is 0.142. The average molecular weight is 237 g/mol. The Morgan fingerprint density at radius 2 is 2.22 bits per heavy atom. The van der Waals surface area contributed by atoms with E-state index in [9.17, 15) is 0 Å². The van der Waals surface area contributed by atoms with Crippen molar-refractivity contribution in [3.05, 3.63) is 24.3 Å². The molecule has 52 valence electrons. The molecule has 2 heteroatoms. The molecule has 0 aromatic heterocycles. The molecule has 0 saturated carbocycles. The first-order chi connectivity index (χ1) is 4.41. The second-order valence-electron chi connectivity index (χ2n) is 1.39. The van der Waals surface area contributed by atoms with Crippen LogP contribution in [0.1, 0.15) is 6.92 Å². The number of rotatable bonds is 3. The summed E-state index contributed by atoms with van der Waals surface area (Å²) in [7, 11) is 0. The Labute approximate surface area is 66.4 Å². The number of alkyl halides is 1. The van der Waals surface area contributed by atoms with E-state index in [1.54, 1.807) is 4.14 Å². The van der Waals surface area contributed by atoms with E-state index in [-0.39, 0.29) is 20.7 Å². The molecule has 0 unspecified atom stereocenters. The third-order valence-electron chi connectivity index (χ3n) is 0.707. The SMILES string of the molecule is C/C=C/C=C\CI=CN. The van der Waals surface area contributed by atoms with Gasteiger partial charge in [-0.2, -0.15) is 0 Å². The predicted molar refractivity (Wildman–Crippen MR) is 53.1 cm³/mol. The van der Waals surface area contributed by atoms with Crippen LogP contribution in [0.15, 0.2) is 24.3 Å².